The van der Waals surface area contributed by atoms with Gasteiger partial charge >= 0.3 is 0 Å². The van der Waals surface area contributed by atoms with Crippen LogP contribution < -0.4 is 54.6 Å². The lowest BCUT2D eigenvalue weighted by atomic mass is 9.60. The zero-order valence-electron chi connectivity index (χ0n) is 36.1. The zero-order valence-corrected chi connectivity index (χ0v) is 36.1. The van der Waals surface area contributed by atoms with Crippen LogP contribution in [0.2, 0.25) is 0 Å². The highest BCUT2D eigenvalue weighted by molar-refractivity contribution is 6.70. The predicted molar refractivity (Wildman–Crippen MR) is 285 cm³/mol. The number of benzene rings is 7. The molecule has 274 valence electrons. The van der Waals surface area contributed by atoms with Gasteiger partial charge in [-0.3, -0.25) is 0 Å². The molecule has 0 saturated carbocycles. The second-order valence-electron chi connectivity index (χ2n) is 16.7. The molecule has 15 heteroatoms. The van der Waals surface area contributed by atoms with Crippen molar-refractivity contribution in [2.75, 3.05) is 0 Å². The quantitative estimate of drug-likeness (QED) is 0.165. The van der Waals surface area contributed by atoms with Crippen LogP contribution in [-0.4, -0.2) is 98.0 Å². The van der Waals surface area contributed by atoms with Gasteiger partial charge in [0.2, 0.25) is 0 Å². The minimum atomic E-state index is 0.636. The van der Waals surface area contributed by atoms with Crippen LogP contribution in [0.1, 0.15) is 0 Å². The van der Waals surface area contributed by atoms with Crippen LogP contribution in [0.15, 0.2) is 114 Å². The Balaban J connectivity index is 1.17. The van der Waals surface area contributed by atoms with Gasteiger partial charge in [-0.1, -0.05) is 82.5 Å². The van der Waals surface area contributed by atoms with Gasteiger partial charge in [-0.15, -0.1) is 32.8 Å². The molecule has 7 aromatic carbocycles. The summed E-state index contributed by atoms with van der Waals surface area (Å²) in [4.78, 5) is 16.1. The van der Waals surface area contributed by atoms with Crippen molar-refractivity contribution >= 4 is 177 Å². The lowest BCUT2D eigenvalue weighted by Gasteiger charge is -2.22. The molecule has 0 atom stereocenters. The van der Waals surface area contributed by atoms with E-state index in [2.05, 4.69) is 180 Å². The smallest absolute Gasteiger partial charge is 0.164 e. The van der Waals surface area contributed by atoms with Gasteiger partial charge in [-0.05, 0) is 59.7 Å². The number of furan rings is 1. The van der Waals surface area contributed by atoms with Crippen molar-refractivity contribution in [2.45, 2.75) is 0 Å². The van der Waals surface area contributed by atoms with Gasteiger partial charge < -0.3 is 8.98 Å². The van der Waals surface area contributed by atoms with Gasteiger partial charge in [0.1, 0.15) is 89.6 Å². The largest absolute Gasteiger partial charge is 0.456 e. The van der Waals surface area contributed by atoms with E-state index in [-0.39, 0.29) is 0 Å². The second-order valence-corrected chi connectivity index (χ2v) is 16.7. The fourth-order valence-electron chi connectivity index (χ4n) is 9.59. The van der Waals surface area contributed by atoms with Gasteiger partial charge in [0.25, 0.3) is 0 Å². The molecule has 0 spiro atoms. The third kappa shape index (κ3) is 5.73. The van der Waals surface area contributed by atoms with E-state index in [0.29, 0.717) is 17.5 Å². The highest BCUT2D eigenvalue weighted by atomic mass is 16.3. The molecule has 3 aromatic heterocycles. The van der Waals surface area contributed by atoms with Crippen molar-refractivity contribution in [1.82, 2.24) is 19.5 Å². The average Bonchev–Trinajstić information content (AvgIpc) is 3.82. The molecule has 0 N–H and O–H groups in total. The summed E-state index contributed by atoms with van der Waals surface area (Å²) in [5.41, 5.74) is 23.0. The number of hydrogen-bond donors (Lipinski definition) is 0. The maximum absolute atomic E-state index is 6.72. The maximum atomic E-state index is 6.72. The Morgan fingerprint density at radius 1 is 0.383 bits per heavy atom. The second kappa shape index (κ2) is 14.2. The Bertz CT molecular complexity index is 3310. The normalized spacial score (nSPS) is 11.7. The highest BCUT2D eigenvalue weighted by Crippen LogP contribution is 2.39. The maximum Gasteiger partial charge on any atom is 0.164 e. The van der Waals surface area contributed by atoms with Crippen LogP contribution in [0.5, 0.6) is 0 Å². The van der Waals surface area contributed by atoms with E-state index in [9.17, 15) is 0 Å². The number of fused-ring (bicyclic) bond motifs is 6. The Kier molecular flexibility index (Phi) is 9.02. The number of nitrogens with zero attached hydrogens (tertiary/aromatic N) is 4. The third-order valence-corrected chi connectivity index (χ3v) is 13.8. The van der Waals surface area contributed by atoms with Crippen molar-refractivity contribution < 1.29 is 4.42 Å². The first-order chi connectivity index (χ1) is 28.9. The molecule has 0 aliphatic carbocycles. The molecule has 0 unspecified atom stereocenters. The third-order valence-electron chi connectivity index (χ3n) is 13.8. The Morgan fingerprint density at radius 3 is 1.53 bits per heavy atom. The summed E-state index contributed by atoms with van der Waals surface area (Å²) < 4.78 is 9.07. The molecule has 10 rings (SSSR count). The van der Waals surface area contributed by atoms with Gasteiger partial charge in [-0.2, -0.15) is 0 Å². The fourth-order valence-corrected chi connectivity index (χ4v) is 9.59. The van der Waals surface area contributed by atoms with E-state index in [4.69, 9.17) is 19.4 Å². The van der Waals surface area contributed by atoms with E-state index in [1.165, 1.54) is 76.4 Å². The first kappa shape index (κ1) is 38.0. The molecule has 0 fully saturated rings. The molecule has 10 aromatic rings. The minimum Gasteiger partial charge on any atom is -0.456 e. The molecular weight excluding hydrogens is 721 g/mol. The molecular formula is C45H38B10N4O. The SMILES string of the molecule is Bc1c(B)c(B)c(-c2nc(-c3c(B)c(B)c(B)c(B)c3B)nc(-c3cccc4oc5cc(-c6ccc7c(c6)c6ccccc6n7-c6ccccc6)ccc5c34)n2)c(B)c1B. The van der Waals surface area contributed by atoms with E-state index in [1.54, 1.807) is 0 Å². The molecule has 0 saturated heterocycles. The molecule has 0 radical (unpaired) electrons. The van der Waals surface area contributed by atoms with Crippen LogP contribution in [0.3, 0.4) is 0 Å². The highest BCUT2D eigenvalue weighted by Gasteiger charge is 2.23. The summed E-state index contributed by atoms with van der Waals surface area (Å²) in [5.74, 6) is 2.03. The molecule has 3 heterocycles. The van der Waals surface area contributed by atoms with E-state index in [1.807, 2.05) is 12.1 Å². The fraction of sp³-hybridized carbons (Fsp3) is 0. The Morgan fingerprint density at radius 2 is 0.900 bits per heavy atom. The topological polar surface area (TPSA) is 56.7 Å². The van der Waals surface area contributed by atoms with Gasteiger partial charge in [0, 0.05) is 43.9 Å². The van der Waals surface area contributed by atoms with Crippen LogP contribution in [0.4, 0.5) is 0 Å². The summed E-state index contributed by atoms with van der Waals surface area (Å²) in [5, 5.41) is 4.47. The number of rotatable bonds is 5. The molecule has 5 nitrogen and oxygen atoms in total. The molecule has 0 aliphatic rings. The average molecular weight is 759 g/mol. The van der Waals surface area contributed by atoms with Crippen molar-refractivity contribution in [2.24, 2.45) is 0 Å². The van der Waals surface area contributed by atoms with Crippen molar-refractivity contribution in [1.29, 1.82) is 0 Å². The van der Waals surface area contributed by atoms with Gasteiger partial charge in [0.05, 0.1) is 11.0 Å². The van der Waals surface area contributed by atoms with Crippen LogP contribution in [0.25, 0.3) is 94.7 Å². The summed E-state index contributed by atoms with van der Waals surface area (Å²) in [6.07, 6.45) is 0. The van der Waals surface area contributed by atoms with Crippen LogP contribution in [0, 0.1) is 0 Å². The van der Waals surface area contributed by atoms with E-state index >= 15 is 0 Å². The summed E-state index contributed by atoms with van der Waals surface area (Å²) in [6, 6.07) is 38.8. The lowest BCUT2D eigenvalue weighted by Crippen LogP contribution is -2.55. The molecule has 0 aliphatic heterocycles. The first-order valence-corrected chi connectivity index (χ1v) is 20.9. The monoisotopic (exact) mass is 760 g/mol. The molecule has 60 heavy (non-hydrogen) atoms. The van der Waals surface area contributed by atoms with E-state index < -0.39 is 0 Å². The minimum absolute atomic E-state index is 0.636. The molecule has 0 bridgehead atoms. The van der Waals surface area contributed by atoms with Crippen LogP contribution in [-0.2, 0) is 0 Å². The van der Waals surface area contributed by atoms with Crippen molar-refractivity contribution in [3.05, 3.63) is 109 Å². The van der Waals surface area contributed by atoms with Gasteiger partial charge in [0.15, 0.2) is 17.5 Å². The van der Waals surface area contributed by atoms with Crippen molar-refractivity contribution in [3.63, 3.8) is 0 Å². The summed E-state index contributed by atoms with van der Waals surface area (Å²) in [7, 11) is 22.0. The summed E-state index contributed by atoms with van der Waals surface area (Å²) >= 11 is 0. The Hall–Kier alpha value is -6.20. The number of aromatic nitrogens is 4. The van der Waals surface area contributed by atoms with Gasteiger partial charge in [-0.25, -0.2) is 15.0 Å². The predicted octanol–water partition coefficient (Wildman–Crippen LogP) is -5.88. The summed E-state index contributed by atoms with van der Waals surface area (Å²) in [6.45, 7) is 0. The van der Waals surface area contributed by atoms with Crippen molar-refractivity contribution in [3.8, 4) is 51.0 Å². The number of para-hydroxylation sites is 2. The van der Waals surface area contributed by atoms with E-state index in [0.717, 1.165) is 55.4 Å². The molecule has 0 amide bonds. The Labute approximate surface area is 359 Å². The zero-order chi connectivity index (χ0) is 41.7. The van der Waals surface area contributed by atoms with Crippen LogP contribution >= 0.6 is 0 Å². The lowest BCUT2D eigenvalue weighted by molar-refractivity contribution is 0.669. The first-order valence-electron chi connectivity index (χ1n) is 20.9. The standard InChI is InChI=1S/C45H38B10N4O/c46-33-31(34(47)38(51)41(54)37(33)50)44-56-43(57-45(58-44)32-35(48)39(52)42(55)40(53)36(32)49)24-10-6-12-28-30(24)23-15-13-20(18-29(23)60-28)19-14-16-27-25(17-19)22-9-4-5-11-26(22)59(27)21-7-2-1-3-8-21/h1-18H,46-55H2. The number of hydrogen-bond acceptors (Lipinski definition) is 4.